The molecule has 6 aromatic rings. The van der Waals surface area contributed by atoms with E-state index in [0.29, 0.717) is 0 Å². The highest BCUT2D eigenvalue weighted by molar-refractivity contribution is 7.09. The van der Waals surface area contributed by atoms with Crippen LogP contribution in [0.4, 0.5) is 0 Å². The van der Waals surface area contributed by atoms with Crippen molar-refractivity contribution in [1.29, 1.82) is 0 Å². The van der Waals surface area contributed by atoms with E-state index in [9.17, 15) is 0 Å². The Morgan fingerprint density at radius 2 is 1.06 bits per heavy atom. The Kier molecular flexibility index (Phi) is 4.05. The molecule has 0 fully saturated rings. The quantitative estimate of drug-likeness (QED) is 0.277. The van der Waals surface area contributed by atoms with Gasteiger partial charge in [-0.2, -0.15) is 4.37 Å². The van der Waals surface area contributed by atoms with Gasteiger partial charge in [-0.15, -0.1) is 0 Å². The van der Waals surface area contributed by atoms with Crippen molar-refractivity contribution in [1.82, 2.24) is 9.36 Å². The molecule has 0 N–H and O–H groups in total. The van der Waals surface area contributed by atoms with Gasteiger partial charge in [-0.1, -0.05) is 103 Å². The fourth-order valence-electron chi connectivity index (χ4n) is 4.98. The zero-order valence-corrected chi connectivity index (χ0v) is 18.5. The summed E-state index contributed by atoms with van der Waals surface area (Å²) >= 11 is 1.47. The van der Waals surface area contributed by atoms with Crippen LogP contribution in [0.25, 0.3) is 66.1 Å². The highest BCUT2D eigenvalue weighted by Crippen LogP contribution is 2.49. The van der Waals surface area contributed by atoms with Crippen molar-refractivity contribution in [3.63, 3.8) is 0 Å². The number of benzene rings is 5. The number of aromatic nitrogens is 2. The van der Waals surface area contributed by atoms with E-state index in [-0.39, 0.29) is 0 Å². The fourth-order valence-corrected chi connectivity index (χ4v) is 5.70. The molecule has 0 unspecified atom stereocenters. The van der Waals surface area contributed by atoms with Crippen LogP contribution in [0.2, 0.25) is 0 Å². The third-order valence-electron chi connectivity index (χ3n) is 6.46. The number of rotatable bonds is 3. The Morgan fingerprint density at radius 3 is 1.85 bits per heavy atom. The van der Waals surface area contributed by atoms with Crippen molar-refractivity contribution in [3.05, 3.63) is 109 Å². The molecule has 0 amide bonds. The molecule has 1 heterocycles. The van der Waals surface area contributed by atoms with Gasteiger partial charge in [0.15, 0.2) is 5.82 Å². The minimum absolute atomic E-state index is 0.789. The second kappa shape index (κ2) is 7.22. The Hall–Kier alpha value is -4.08. The average Bonchev–Trinajstić information content (AvgIpc) is 3.50. The lowest BCUT2D eigenvalue weighted by Gasteiger charge is -2.07. The van der Waals surface area contributed by atoms with Gasteiger partial charge in [-0.25, -0.2) is 4.98 Å². The van der Waals surface area contributed by atoms with E-state index in [4.69, 9.17) is 9.36 Å². The Morgan fingerprint density at radius 1 is 0.455 bits per heavy atom. The summed E-state index contributed by atoms with van der Waals surface area (Å²) in [5.41, 5.74) is 9.77. The van der Waals surface area contributed by atoms with E-state index < -0.39 is 0 Å². The molecule has 0 atom stereocenters. The van der Waals surface area contributed by atoms with Gasteiger partial charge >= 0.3 is 0 Å². The van der Waals surface area contributed by atoms with Crippen LogP contribution < -0.4 is 0 Å². The molecule has 1 aromatic heterocycles. The van der Waals surface area contributed by atoms with Crippen LogP contribution in [0.3, 0.4) is 0 Å². The van der Waals surface area contributed by atoms with Crippen LogP contribution in [-0.4, -0.2) is 9.36 Å². The topological polar surface area (TPSA) is 25.8 Å². The van der Waals surface area contributed by atoms with E-state index in [1.165, 1.54) is 55.7 Å². The molecule has 7 rings (SSSR count). The van der Waals surface area contributed by atoms with Crippen LogP contribution in [0.15, 0.2) is 109 Å². The smallest absolute Gasteiger partial charge is 0.174 e. The van der Waals surface area contributed by atoms with Crippen LogP contribution in [0.5, 0.6) is 0 Å². The van der Waals surface area contributed by atoms with Crippen molar-refractivity contribution in [3.8, 4) is 55.3 Å². The predicted molar refractivity (Wildman–Crippen MR) is 138 cm³/mol. The second-order valence-electron chi connectivity index (χ2n) is 8.27. The molecule has 0 radical (unpaired) electrons. The van der Waals surface area contributed by atoms with Crippen LogP contribution in [-0.2, 0) is 0 Å². The molecule has 0 aliphatic heterocycles. The van der Waals surface area contributed by atoms with Gasteiger partial charge in [0.25, 0.3) is 0 Å². The predicted octanol–water partition coefficient (Wildman–Crippen LogP) is 8.34. The van der Waals surface area contributed by atoms with Gasteiger partial charge in [0, 0.05) is 11.1 Å². The van der Waals surface area contributed by atoms with Crippen molar-refractivity contribution in [2.24, 2.45) is 0 Å². The van der Waals surface area contributed by atoms with E-state index >= 15 is 0 Å². The molecule has 5 aromatic carbocycles. The fraction of sp³-hybridized carbons (Fsp3) is 0. The minimum atomic E-state index is 0.789. The summed E-state index contributed by atoms with van der Waals surface area (Å²) in [7, 11) is 0. The van der Waals surface area contributed by atoms with Gasteiger partial charge in [0.1, 0.15) is 5.01 Å². The first-order valence-electron chi connectivity index (χ1n) is 11.0. The molecule has 2 nitrogen and oxygen atoms in total. The Bertz CT molecular complexity index is 1640. The van der Waals surface area contributed by atoms with E-state index in [2.05, 4.69) is 103 Å². The number of fused-ring (bicyclic) bond motifs is 3. The van der Waals surface area contributed by atoms with Crippen LogP contribution >= 0.6 is 11.5 Å². The molecule has 1 aliphatic carbocycles. The van der Waals surface area contributed by atoms with Gasteiger partial charge in [0.05, 0.1) is 0 Å². The summed E-state index contributed by atoms with van der Waals surface area (Å²) < 4.78 is 4.81. The lowest BCUT2D eigenvalue weighted by molar-refractivity contribution is 1.33. The summed E-state index contributed by atoms with van der Waals surface area (Å²) in [6.45, 7) is 0. The third kappa shape index (κ3) is 2.80. The first kappa shape index (κ1) is 18.5. The average molecular weight is 439 g/mol. The van der Waals surface area contributed by atoms with Crippen molar-refractivity contribution in [2.45, 2.75) is 0 Å². The molecule has 0 spiro atoms. The maximum atomic E-state index is 5.02. The van der Waals surface area contributed by atoms with Crippen molar-refractivity contribution >= 4 is 22.3 Å². The van der Waals surface area contributed by atoms with Gasteiger partial charge in [0.2, 0.25) is 0 Å². The molecule has 1 aliphatic rings. The first-order chi connectivity index (χ1) is 16.4. The third-order valence-corrected chi connectivity index (χ3v) is 7.21. The van der Waals surface area contributed by atoms with E-state index in [1.54, 1.807) is 0 Å². The lowest BCUT2D eigenvalue weighted by atomic mass is 9.98. The second-order valence-corrected chi connectivity index (χ2v) is 9.02. The SMILES string of the molecule is c1ccc(-c2ccccc2-c2nc(-c3ccc4c5c(cccc35)-c3ccccc3-4)ns2)cc1. The molecular formula is C30H18N2S. The highest BCUT2D eigenvalue weighted by atomic mass is 32.1. The highest BCUT2D eigenvalue weighted by Gasteiger charge is 2.23. The maximum Gasteiger partial charge on any atom is 0.174 e. The number of nitrogens with zero attached hydrogens (tertiary/aromatic N) is 2. The number of hydrogen-bond acceptors (Lipinski definition) is 3. The van der Waals surface area contributed by atoms with Crippen LogP contribution in [0.1, 0.15) is 0 Å². The summed E-state index contributed by atoms with van der Waals surface area (Å²) in [6.07, 6.45) is 0. The standard InChI is InChI=1S/C30H18N2S/c1-2-9-19(10-3-1)20-11-4-7-14-27(20)30-31-29(32-33-30)26-18-17-25-22-13-6-5-12-21(22)23-15-8-16-24(26)28(23)25/h1-18H. The maximum absolute atomic E-state index is 5.02. The van der Waals surface area contributed by atoms with Gasteiger partial charge in [-0.3, -0.25) is 0 Å². The first-order valence-corrected chi connectivity index (χ1v) is 11.8. The lowest BCUT2D eigenvalue weighted by Crippen LogP contribution is -1.87. The molecule has 154 valence electrons. The molecule has 3 heteroatoms. The monoisotopic (exact) mass is 438 g/mol. The molecule has 0 saturated carbocycles. The molecular weight excluding hydrogens is 420 g/mol. The Balaban J connectivity index is 1.39. The van der Waals surface area contributed by atoms with E-state index in [0.717, 1.165) is 22.0 Å². The summed E-state index contributed by atoms with van der Waals surface area (Å²) in [6, 6.07) is 38.5. The summed E-state index contributed by atoms with van der Waals surface area (Å²) in [5.74, 6) is 0.789. The zero-order chi connectivity index (χ0) is 21.8. The summed E-state index contributed by atoms with van der Waals surface area (Å²) in [5, 5.41) is 3.45. The molecule has 0 bridgehead atoms. The van der Waals surface area contributed by atoms with E-state index in [1.807, 2.05) is 6.07 Å². The van der Waals surface area contributed by atoms with Crippen molar-refractivity contribution < 1.29 is 0 Å². The largest absolute Gasteiger partial charge is 0.215 e. The van der Waals surface area contributed by atoms with Gasteiger partial charge in [-0.05, 0) is 61.8 Å². The number of hydrogen-bond donors (Lipinski definition) is 0. The molecule has 0 saturated heterocycles. The zero-order valence-electron chi connectivity index (χ0n) is 17.7. The normalized spacial score (nSPS) is 11.6. The van der Waals surface area contributed by atoms with Crippen molar-refractivity contribution in [2.75, 3.05) is 0 Å². The Labute approximate surface area is 196 Å². The van der Waals surface area contributed by atoms with Gasteiger partial charge < -0.3 is 0 Å². The minimum Gasteiger partial charge on any atom is -0.215 e. The summed E-state index contributed by atoms with van der Waals surface area (Å²) in [4.78, 5) is 5.02. The van der Waals surface area contributed by atoms with Crippen LogP contribution in [0, 0.1) is 0 Å². The molecule has 33 heavy (non-hydrogen) atoms.